The number of nitrogens with one attached hydrogen (secondary N) is 1. The molecule has 1 aliphatic rings. The van der Waals surface area contributed by atoms with Crippen LogP contribution < -0.4 is 10.1 Å². The molecule has 1 heterocycles. The van der Waals surface area contributed by atoms with E-state index in [1.54, 1.807) is 0 Å². The first-order valence-electron chi connectivity index (χ1n) is 6.67. The van der Waals surface area contributed by atoms with E-state index in [0.717, 1.165) is 31.2 Å². The minimum atomic E-state index is 0.639. The van der Waals surface area contributed by atoms with E-state index in [4.69, 9.17) is 4.74 Å². The Kier molecular flexibility index (Phi) is 4.06. The van der Waals surface area contributed by atoms with E-state index < -0.39 is 0 Å². The van der Waals surface area contributed by atoms with Crippen LogP contribution >= 0.6 is 0 Å². The van der Waals surface area contributed by atoms with Crippen LogP contribution in [-0.2, 0) is 13.0 Å². The zero-order chi connectivity index (χ0) is 12.3. The van der Waals surface area contributed by atoms with Crippen molar-refractivity contribution in [2.75, 3.05) is 6.61 Å². The summed E-state index contributed by atoms with van der Waals surface area (Å²) >= 11 is 0. The van der Waals surface area contributed by atoms with Gasteiger partial charge in [-0.05, 0) is 48.9 Å². The normalized spacial score (nSPS) is 19.2. The lowest BCUT2D eigenvalue weighted by Gasteiger charge is -2.27. The van der Waals surface area contributed by atoms with E-state index in [-0.39, 0.29) is 0 Å². The average Bonchev–Trinajstić information content (AvgIpc) is 2.29. The molecule has 1 N–H and O–H groups in total. The molecule has 0 aliphatic carbocycles. The molecule has 1 aliphatic heterocycles. The summed E-state index contributed by atoms with van der Waals surface area (Å²) in [4.78, 5) is 0. The van der Waals surface area contributed by atoms with Gasteiger partial charge in [0.15, 0.2) is 0 Å². The number of hydrogen-bond donors (Lipinski definition) is 1. The van der Waals surface area contributed by atoms with Crippen molar-refractivity contribution in [2.45, 2.75) is 46.2 Å². The number of ether oxygens (including phenoxy) is 1. The lowest BCUT2D eigenvalue weighted by molar-refractivity contribution is 0.338. The molecule has 0 bridgehead atoms. The monoisotopic (exact) mass is 233 g/mol. The van der Waals surface area contributed by atoms with Gasteiger partial charge >= 0.3 is 0 Å². The van der Waals surface area contributed by atoms with Gasteiger partial charge in [-0.2, -0.15) is 0 Å². The average molecular weight is 233 g/mol. The molecular weight excluding hydrogens is 210 g/mol. The number of hydrogen-bond acceptors (Lipinski definition) is 2. The second-order valence-corrected chi connectivity index (χ2v) is 5.28. The molecule has 0 fully saturated rings. The largest absolute Gasteiger partial charge is 0.494 e. The fraction of sp³-hybridized carbons (Fsp3) is 0.600. The van der Waals surface area contributed by atoms with Crippen LogP contribution in [0.4, 0.5) is 0 Å². The maximum atomic E-state index is 5.54. The summed E-state index contributed by atoms with van der Waals surface area (Å²) < 4.78 is 5.54. The molecule has 1 atom stereocenters. The van der Waals surface area contributed by atoms with Gasteiger partial charge in [-0.25, -0.2) is 0 Å². The molecule has 0 saturated carbocycles. The maximum Gasteiger partial charge on any atom is 0.119 e. The summed E-state index contributed by atoms with van der Waals surface area (Å²) in [6, 6.07) is 7.15. The molecule has 94 valence electrons. The molecule has 1 aromatic rings. The Morgan fingerprint density at radius 1 is 1.35 bits per heavy atom. The van der Waals surface area contributed by atoms with Crippen molar-refractivity contribution in [3.05, 3.63) is 29.3 Å². The zero-order valence-corrected chi connectivity index (χ0v) is 11.1. The molecule has 0 radical (unpaired) electrons. The number of fused-ring (bicyclic) bond motifs is 1. The van der Waals surface area contributed by atoms with Gasteiger partial charge in [0.25, 0.3) is 0 Å². The van der Waals surface area contributed by atoms with Crippen LogP contribution in [-0.4, -0.2) is 12.6 Å². The highest BCUT2D eigenvalue weighted by molar-refractivity contribution is 5.37. The second kappa shape index (κ2) is 5.54. The molecule has 2 heteroatoms. The quantitative estimate of drug-likeness (QED) is 0.862. The van der Waals surface area contributed by atoms with Crippen molar-refractivity contribution in [3.8, 4) is 5.75 Å². The van der Waals surface area contributed by atoms with Crippen molar-refractivity contribution in [1.29, 1.82) is 0 Å². The van der Waals surface area contributed by atoms with Crippen molar-refractivity contribution < 1.29 is 4.74 Å². The van der Waals surface area contributed by atoms with Gasteiger partial charge in [0.05, 0.1) is 6.61 Å². The Morgan fingerprint density at radius 2 is 2.18 bits per heavy atom. The lowest BCUT2D eigenvalue weighted by Crippen LogP contribution is -2.36. The Balaban J connectivity index is 2.06. The highest BCUT2D eigenvalue weighted by Gasteiger charge is 2.18. The van der Waals surface area contributed by atoms with Crippen LogP contribution in [0.3, 0.4) is 0 Å². The smallest absolute Gasteiger partial charge is 0.119 e. The Labute approximate surface area is 104 Å². The summed E-state index contributed by atoms with van der Waals surface area (Å²) in [7, 11) is 0. The van der Waals surface area contributed by atoms with Crippen LogP contribution in [0.2, 0.25) is 0 Å². The van der Waals surface area contributed by atoms with Gasteiger partial charge in [-0.15, -0.1) is 0 Å². The molecule has 2 rings (SSSR count). The van der Waals surface area contributed by atoms with Crippen molar-refractivity contribution in [3.63, 3.8) is 0 Å². The van der Waals surface area contributed by atoms with Gasteiger partial charge in [0.2, 0.25) is 0 Å². The van der Waals surface area contributed by atoms with Crippen LogP contribution in [0.15, 0.2) is 18.2 Å². The van der Waals surface area contributed by atoms with Crippen LogP contribution in [0.5, 0.6) is 5.75 Å². The molecular formula is C15H23NO. The van der Waals surface area contributed by atoms with E-state index in [2.05, 4.69) is 37.4 Å². The fourth-order valence-electron chi connectivity index (χ4n) is 2.55. The van der Waals surface area contributed by atoms with Gasteiger partial charge in [-0.1, -0.05) is 19.9 Å². The summed E-state index contributed by atoms with van der Waals surface area (Å²) in [6.45, 7) is 8.32. The summed E-state index contributed by atoms with van der Waals surface area (Å²) in [6.07, 6.45) is 2.41. The first kappa shape index (κ1) is 12.4. The number of benzene rings is 1. The highest BCUT2D eigenvalue weighted by atomic mass is 16.5. The maximum absolute atomic E-state index is 5.54. The van der Waals surface area contributed by atoms with Crippen molar-refractivity contribution >= 4 is 0 Å². The molecule has 0 amide bonds. The van der Waals surface area contributed by atoms with E-state index in [9.17, 15) is 0 Å². The Bertz CT molecular complexity index is 373. The number of rotatable bonds is 4. The van der Waals surface area contributed by atoms with E-state index in [1.807, 2.05) is 6.92 Å². The highest BCUT2D eigenvalue weighted by Crippen LogP contribution is 2.24. The summed E-state index contributed by atoms with van der Waals surface area (Å²) in [5.74, 6) is 1.76. The topological polar surface area (TPSA) is 21.3 Å². The van der Waals surface area contributed by atoms with E-state index in [1.165, 1.54) is 17.5 Å². The molecule has 0 spiro atoms. The third-order valence-electron chi connectivity index (χ3n) is 3.29. The summed E-state index contributed by atoms with van der Waals surface area (Å²) in [5.41, 5.74) is 2.88. The van der Waals surface area contributed by atoms with Gasteiger partial charge < -0.3 is 10.1 Å². The summed E-state index contributed by atoms with van der Waals surface area (Å²) in [5, 5.41) is 3.62. The van der Waals surface area contributed by atoms with Crippen LogP contribution in [0, 0.1) is 5.92 Å². The van der Waals surface area contributed by atoms with Crippen LogP contribution in [0.1, 0.15) is 38.3 Å². The molecule has 2 nitrogen and oxygen atoms in total. The molecule has 1 aromatic carbocycles. The first-order valence-corrected chi connectivity index (χ1v) is 6.67. The van der Waals surface area contributed by atoms with Gasteiger partial charge in [0.1, 0.15) is 5.75 Å². The van der Waals surface area contributed by atoms with Gasteiger partial charge in [0, 0.05) is 12.6 Å². The second-order valence-electron chi connectivity index (χ2n) is 5.28. The Morgan fingerprint density at radius 3 is 2.88 bits per heavy atom. The minimum absolute atomic E-state index is 0.639. The fourth-order valence-corrected chi connectivity index (χ4v) is 2.55. The molecule has 0 saturated heterocycles. The standard InChI is InChI=1S/C15H23NO/c1-4-17-15-6-5-12-8-14(7-11(2)3)16-10-13(12)9-15/h5-6,9,11,14,16H,4,7-8,10H2,1-3H3. The third-order valence-corrected chi connectivity index (χ3v) is 3.29. The molecule has 17 heavy (non-hydrogen) atoms. The van der Waals surface area contributed by atoms with Gasteiger partial charge in [-0.3, -0.25) is 0 Å². The third kappa shape index (κ3) is 3.22. The van der Waals surface area contributed by atoms with Crippen molar-refractivity contribution in [1.82, 2.24) is 5.32 Å². The first-order chi connectivity index (χ1) is 8.19. The predicted octanol–water partition coefficient (Wildman–Crippen LogP) is 3.15. The predicted molar refractivity (Wildman–Crippen MR) is 71.4 cm³/mol. The van der Waals surface area contributed by atoms with Crippen LogP contribution in [0.25, 0.3) is 0 Å². The molecule has 0 aromatic heterocycles. The Hall–Kier alpha value is -1.02. The van der Waals surface area contributed by atoms with E-state index in [0.29, 0.717) is 6.04 Å². The minimum Gasteiger partial charge on any atom is -0.494 e. The molecule has 1 unspecified atom stereocenters. The van der Waals surface area contributed by atoms with Crippen molar-refractivity contribution in [2.24, 2.45) is 5.92 Å². The van der Waals surface area contributed by atoms with E-state index >= 15 is 0 Å². The lowest BCUT2D eigenvalue weighted by atomic mass is 9.91. The zero-order valence-electron chi connectivity index (χ0n) is 11.1. The SMILES string of the molecule is CCOc1ccc2c(c1)CNC(CC(C)C)C2.